The summed E-state index contributed by atoms with van der Waals surface area (Å²) in [6, 6.07) is 5.68. The second-order valence-electron chi connectivity index (χ2n) is 5.48. The Hall–Kier alpha value is -1.84. The second-order valence-corrected chi connectivity index (χ2v) is 5.48. The fourth-order valence-corrected chi connectivity index (χ4v) is 2.76. The van der Waals surface area contributed by atoms with Gasteiger partial charge in [-0.1, -0.05) is 0 Å². The zero-order chi connectivity index (χ0) is 14.0. The molecule has 0 aromatic heterocycles. The first-order valence-corrected chi connectivity index (χ1v) is 6.53. The normalized spacial score (nSPS) is 22.4. The highest BCUT2D eigenvalue weighted by Gasteiger charge is 2.40. The molecule has 1 saturated heterocycles. The average molecular weight is 260 g/mol. The molecule has 1 atom stereocenters. The van der Waals surface area contributed by atoms with E-state index in [1.807, 2.05) is 32.0 Å². The van der Waals surface area contributed by atoms with Crippen LogP contribution in [0, 0.1) is 12.3 Å². The van der Waals surface area contributed by atoms with Crippen LogP contribution in [0.3, 0.4) is 0 Å². The molecule has 1 unspecified atom stereocenters. The maximum absolute atomic E-state index is 11.9. The number of aldehydes is 1. The maximum atomic E-state index is 11.9. The van der Waals surface area contributed by atoms with E-state index in [2.05, 4.69) is 10.2 Å². The Morgan fingerprint density at radius 3 is 2.79 bits per heavy atom. The number of anilines is 1. The lowest BCUT2D eigenvalue weighted by Crippen LogP contribution is -2.39. The van der Waals surface area contributed by atoms with Crippen LogP contribution in [0.2, 0.25) is 0 Å². The van der Waals surface area contributed by atoms with E-state index in [4.69, 9.17) is 0 Å². The Kier molecular flexibility index (Phi) is 3.60. The van der Waals surface area contributed by atoms with Gasteiger partial charge < -0.3 is 10.2 Å². The molecule has 19 heavy (non-hydrogen) atoms. The Bertz CT molecular complexity index is 513. The third-order valence-electron chi connectivity index (χ3n) is 3.95. The molecule has 102 valence electrons. The van der Waals surface area contributed by atoms with Crippen molar-refractivity contribution in [1.82, 2.24) is 5.32 Å². The van der Waals surface area contributed by atoms with Gasteiger partial charge in [0.1, 0.15) is 6.29 Å². The summed E-state index contributed by atoms with van der Waals surface area (Å²) in [4.78, 5) is 24.9. The molecule has 4 heteroatoms. The lowest BCUT2D eigenvalue weighted by molar-refractivity contribution is -0.128. The summed E-state index contributed by atoms with van der Waals surface area (Å²) in [6.07, 6.45) is 1.71. The molecule has 4 nitrogen and oxygen atoms in total. The van der Waals surface area contributed by atoms with Crippen molar-refractivity contribution in [2.45, 2.75) is 20.3 Å². The van der Waals surface area contributed by atoms with Gasteiger partial charge in [-0.25, -0.2) is 0 Å². The van der Waals surface area contributed by atoms with Gasteiger partial charge in [0.2, 0.25) is 5.91 Å². The fourth-order valence-electron chi connectivity index (χ4n) is 2.76. The van der Waals surface area contributed by atoms with E-state index in [0.717, 1.165) is 30.5 Å². The molecule has 1 N–H and O–H groups in total. The van der Waals surface area contributed by atoms with Crippen LogP contribution in [0.4, 0.5) is 5.69 Å². The summed E-state index contributed by atoms with van der Waals surface area (Å²) < 4.78 is 0. The number of hydrogen-bond donors (Lipinski definition) is 1. The van der Waals surface area contributed by atoms with Crippen molar-refractivity contribution in [3.05, 3.63) is 29.3 Å². The van der Waals surface area contributed by atoms with E-state index in [1.165, 1.54) is 0 Å². The van der Waals surface area contributed by atoms with E-state index >= 15 is 0 Å². The van der Waals surface area contributed by atoms with Gasteiger partial charge in [-0.3, -0.25) is 9.59 Å². The number of carbonyl (C=O) groups excluding carboxylic acids is 2. The number of hydrogen-bond acceptors (Lipinski definition) is 3. The van der Waals surface area contributed by atoms with Gasteiger partial charge >= 0.3 is 0 Å². The maximum Gasteiger partial charge on any atom is 0.227 e. The van der Waals surface area contributed by atoms with Crippen LogP contribution in [-0.4, -0.2) is 32.3 Å². The zero-order valence-electron chi connectivity index (χ0n) is 11.7. The Balaban J connectivity index is 2.21. The number of benzene rings is 1. The topological polar surface area (TPSA) is 49.4 Å². The molecule has 1 heterocycles. The molecule has 0 bridgehead atoms. The van der Waals surface area contributed by atoms with Crippen molar-refractivity contribution in [3.63, 3.8) is 0 Å². The molecule has 0 saturated carbocycles. The van der Waals surface area contributed by atoms with Crippen LogP contribution in [0.25, 0.3) is 0 Å². The number of nitrogens with one attached hydrogen (secondary N) is 1. The van der Waals surface area contributed by atoms with Crippen molar-refractivity contribution in [2.75, 3.05) is 25.0 Å². The van der Waals surface area contributed by atoms with Crippen LogP contribution in [-0.2, 0) is 4.79 Å². The lowest BCUT2D eigenvalue weighted by atomic mass is 9.89. The zero-order valence-corrected chi connectivity index (χ0v) is 11.7. The monoisotopic (exact) mass is 260 g/mol. The molecule has 1 aliphatic heterocycles. The summed E-state index contributed by atoms with van der Waals surface area (Å²) in [7, 11) is 1.68. The summed E-state index contributed by atoms with van der Waals surface area (Å²) in [6.45, 7) is 5.58. The molecule has 1 aromatic carbocycles. The number of aryl methyl sites for hydroxylation is 1. The van der Waals surface area contributed by atoms with E-state index in [-0.39, 0.29) is 11.3 Å². The molecule has 1 amide bonds. The number of nitrogens with zero attached hydrogens (tertiary/aromatic N) is 1. The van der Waals surface area contributed by atoms with E-state index in [1.54, 1.807) is 7.05 Å². The number of amides is 1. The quantitative estimate of drug-likeness (QED) is 0.843. The number of carbonyl (C=O) groups is 2. The molecule has 0 aliphatic carbocycles. The average Bonchev–Trinajstić information content (AvgIpc) is 2.81. The fraction of sp³-hybridized carbons (Fsp3) is 0.467. The molecule has 0 spiro atoms. The Morgan fingerprint density at radius 2 is 2.21 bits per heavy atom. The lowest BCUT2D eigenvalue weighted by Gasteiger charge is -2.25. The van der Waals surface area contributed by atoms with E-state index in [0.29, 0.717) is 12.1 Å². The van der Waals surface area contributed by atoms with Gasteiger partial charge in [0.05, 0.1) is 5.41 Å². The highest BCUT2D eigenvalue weighted by Crippen LogP contribution is 2.34. The summed E-state index contributed by atoms with van der Waals surface area (Å²) in [5, 5.41) is 2.74. The first kappa shape index (κ1) is 13.6. The Labute approximate surface area is 113 Å². The van der Waals surface area contributed by atoms with Gasteiger partial charge in [0.25, 0.3) is 0 Å². The van der Waals surface area contributed by atoms with Gasteiger partial charge in [0, 0.05) is 31.4 Å². The van der Waals surface area contributed by atoms with Crippen molar-refractivity contribution in [3.8, 4) is 0 Å². The molecule has 1 aliphatic rings. The standard InChI is InChI=1S/C15H20N2O2/c1-11-8-12(9-18)4-5-13(11)17-7-6-15(2,10-17)14(19)16-3/h4-5,8-9H,6-7,10H2,1-3H3,(H,16,19). The predicted molar refractivity (Wildman–Crippen MR) is 75.6 cm³/mol. The minimum Gasteiger partial charge on any atom is -0.370 e. The van der Waals surface area contributed by atoms with Crippen molar-refractivity contribution >= 4 is 17.9 Å². The third-order valence-corrected chi connectivity index (χ3v) is 3.95. The molecule has 1 aromatic rings. The van der Waals surface area contributed by atoms with Gasteiger partial charge in [-0.2, -0.15) is 0 Å². The van der Waals surface area contributed by atoms with E-state index in [9.17, 15) is 9.59 Å². The van der Waals surface area contributed by atoms with Gasteiger partial charge in [-0.05, 0) is 44.0 Å². The smallest absolute Gasteiger partial charge is 0.227 e. The van der Waals surface area contributed by atoms with Crippen molar-refractivity contribution in [2.24, 2.45) is 5.41 Å². The minimum absolute atomic E-state index is 0.0946. The van der Waals surface area contributed by atoms with Gasteiger partial charge in [-0.15, -0.1) is 0 Å². The molecule has 2 rings (SSSR count). The first-order chi connectivity index (χ1) is 9.00. The third kappa shape index (κ3) is 2.48. The second kappa shape index (κ2) is 5.03. The minimum atomic E-state index is -0.329. The van der Waals surface area contributed by atoms with Crippen LogP contribution in [0.15, 0.2) is 18.2 Å². The van der Waals surface area contributed by atoms with Crippen LogP contribution in [0.5, 0.6) is 0 Å². The Morgan fingerprint density at radius 1 is 1.47 bits per heavy atom. The van der Waals surface area contributed by atoms with Crippen LogP contribution in [0.1, 0.15) is 29.3 Å². The van der Waals surface area contributed by atoms with Crippen LogP contribution < -0.4 is 10.2 Å². The SMILES string of the molecule is CNC(=O)C1(C)CCN(c2ccc(C=O)cc2C)C1. The van der Waals surface area contributed by atoms with Crippen LogP contribution >= 0.6 is 0 Å². The first-order valence-electron chi connectivity index (χ1n) is 6.53. The van der Waals surface area contributed by atoms with Gasteiger partial charge in [0.15, 0.2) is 0 Å². The largest absolute Gasteiger partial charge is 0.370 e. The van der Waals surface area contributed by atoms with E-state index < -0.39 is 0 Å². The van der Waals surface area contributed by atoms with Crippen molar-refractivity contribution in [1.29, 1.82) is 0 Å². The highest BCUT2D eigenvalue weighted by molar-refractivity contribution is 5.84. The highest BCUT2D eigenvalue weighted by atomic mass is 16.2. The molecule has 1 fully saturated rings. The number of rotatable bonds is 3. The summed E-state index contributed by atoms with van der Waals surface area (Å²) in [5.41, 5.74) is 2.54. The summed E-state index contributed by atoms with van der Waals surface area (Å²) >= 11 is 0. The molecule has 0 radical (unpaired) electrons. The molecular weight excluding hydrogens is 240 g/mol. The molecular formula is C15H20N2O2. The van der Waals surface area contributed by atoms with Crippen molar-refractivity contribution < 1.29 is 9.59 Å². The predicted octanol–water partition coefficient (Wildman–Crippen LogP) is 1.77. The summed E-state index contributed by atoms with van der Waals surface area (Å²) in [5.74, 6) is 0.0946.